The van der Waals surface area contributed by atoms with Crippen LogP contribution in [0.3, 0.4) is 0 Å². The Balaban J connectivity index is 1.88. The van der Waals surface area contributed by atoms with Gasteiger partial charge in [-0.15, -0.1) is 11.8 Å². The lowest BCUT2D eigenvalue weighted by atomic mass is 9.76. The fourth-order valence-corrected chi connectivity index (χ4v) is 7.28. The number of aryl methyl sites for hydroxylation is 2. The standard InChI is InChI=1S/C25H29NO4S2/c1-17-6-10-19(11-7-17)22-25(23(27)30-24(3,4)5)16-31-15-20(25)14-26(22)32(28,29)21-12-8-18(2)9-13-21/h6-13,15,22H,14,16H2,1-5H3/t22-,25+/m1/s1. The second-order valence-corrected chi connectivity index (χ2v) is 12.4. The maximum Gasteiger partial charge on any atom is 0.319 e. The monoisotopic (exact) mass is 471 g/mol. The van der Waals surface area contributed by atoms with E-state index in [1.807, 2.05) is 64.3 Å². The first kappa shape index (κ1) is 23.1. The zero-order valence-electron chi connectivity index (χ0n) is 19.1. The minimum Gasteiger partial charge on any atom is -0.459 e. The Hall–Kier alpha value is -2.09. The highest BCUT2D eigenvalue weighted by atomic mass is 32.2. The van der Waals surface area contributed by atoms with Crippen LogP contribution in [-0.2, 0) is 19.6 Å². The summed E-state index contributed by atoms with van der Waals surface area (Å²) in [6.07, 6.45) is 0. The van der Waals surface area contributed by atoms with Crippen molar-refractivity contribution in [2.45, 2.75) is 51.2 Å². The third-order valence-electron chi connectivity index (χ3n) is 5.97. The summed E-state index contributed by atoms with van der Waals surface area (Å²) in [4.78, 5) is 13.9. The van der Waals surface area contributed by atoms with Gasteiger partial charge in [0.25, 0.3) is 0 Å². The van der Waals surface area contributed by atoms with Crippen LogP contribution in [0.4, 0.5) is 0 Å². The quantitative estimate of drug-likeness (QED) is 0.587. The van der Waals surface area contributed by atoms with Gasteiger partial charge in [0.2, 0.25) is 10.0 Å². The van der Waals surface area contributed by atoms with E-state index in [2.05, 4.69) is 0 Å². The predicted molar refractivity (Wildman–Crippen MR) is 128 cm³/mol. The molecule has 4 rings (SSSR count). The molecule has 2 atom stereocenters. The van der Waals surface area contributed by atoms with Crippen molar-refractivity contribution in [3.05, 3.63) is 76.2 Å². The average molecular weight is 472 g/mol. The number of carbonyl (C=O) groups excluding carboxylic acids is 1. The molecule has 2 aliphatic heterocycles. The van der Waals surface area contributed by atoms with Gasteiger partial charge >= 0.3 is 5.97 Å². The summed E-state index contributed by atoms with van der Waals surface area (Å²) < 4.78 is 35.0. The number of fused-ring (bicyclic) bond motifs is 1. The van der Waals surface area contributed by atoms with Gasteiger partial charge in [-0.2, -0.15) is 4.31 Å². The molecule has 0 aromatic heterocycles. The van der Waals surface area contributed by atoms with E-state index in [0.29, 0.717) is 5.75 Å². The van der Waals surface area contributed by atoms with Crippen LogP contribution in [0.15, 0.2) is 64.4 Å². The number of hydrogen-bond donors (Lipinski definition) is 0. The molecule has 1 fully saturated rings. The van der Waals surface area contributed by atoms with Crippen molar-refractivity contribution in [1.29, 1.82) is 0 Å². The number of ether oxygens (including phenoxy) is 1. The van der Waals surface area contributed by atoms with Crippen molar-refractivity contribution in [3.8, 4) is 0 Å². The third-order valence-corrected chi connectivity index (χ3v) is 8.87. The van der Waals surface area contributed by atoms with Crippen LogP contribution in [0.25, 0.3) is 0 Å². The van der Waals surface area contributed by atoms with E-state index >= 15 is 0 Å². The summed E-state index contributed by atoms with van der Waals surface area (Å²) in [7, 11) is -3.84. The molecule has 2 aromatic rings. The van der Waals surface area contributed by atoms with Crippen molar-refractivity contribution in [2.75, 3.05) is 12.3 Å². The zero-order valence-corrected chi connectivity index (χ0v) is 20.7. The molecule has 0 N–H and O–H groups in total. The number of sulfonamides is 1. The number of rotatable bonds is 4. The average Bonchev–Trinajstić information content (AvgIpc) is 3.26. The molecular formula is C25H29NO4S2. The Morgan fingerprint density at radius 2 is 1.59 bits per heavy atom. The number of esters is 1. The van der Waals surface area contributed by atoms with Gasteiger partial charge < -0.3 is 4.74 Å². The Bertz CT molecular complexity index is 1160. The van der Waals surface area contributed by atoms with Crippen LogP contribution in [0.5, 0.6) is 0 Å². The van der Waals surface area contributed by atoms with Crippen LogP contribution in [-0.4, -0.2) is 36.6 Å². The normalized spacial score (nSPS) is 23.7. The Labute approximate surface area is 194 Å². The maximum atomic E-state index is 13.8. The molecule has 0 spiro atoms. The van der Waals surface area contributed by atoms with Crippen molar-refractivity contribution in [2.24, 2.45) is 5.41 Å². The maximum absolute atomic E-state index is 13.8. The Morgan fingerprint density at radius 3 is 2.16 bits per heavy atom. The molecule has 2 aromatic carbocycles. The zero-order chi connectivity index (χ0) is 23.3. The topological polar surface area (TPSA) is 63.7 Å². The van der Waals surface area contributed by atoms with E-state index in [4.69, 9.17) is 4.74 Å². The van der Waals surface area contributed by atoms with Gasteiger partial charge in [-0.1, -0.05) is 47.5 Å². The highest BCUT2D eigenvalue weighted by Crippen LogP contribution is 2.58. The molecule has 0 bridgehead atoms. The van der Waals surface area contributed by atoms with Gasteiger partial charge in [-0.25, -0.2) is 8.42 Å². The molecule has 5 nitrogen and oxygen atoms in total. The number of hydrogen-bond acceptors (Lipinski definition) is 5. The van der Waals surface area contributed by atoms with Crippen molar-refractivity contribution in [3.63, 3.8) is 0 Å². The van der Waals surface area contributed by atoms with Crippen LogP contribution in [0.1, 0.15) is 43.5 Å². The Morgan fingerprint density at radius 1 is 1.03 bits per heavy atom. The summed E-state index contributed by atoms with van der Waals surface area (Å²) in [5, 5.41) is 1.94. The van der Waals surface area contributed by atoms with Crippen LogP contribution < -0.4 is 0 Å². The second-order valence-electron chi connectivity index (χ2n) is 9.60. The number of nitrogens with zero attached hydrogens (tertiary/aromatic N) is 1. The third kappa shape index (κ3) is 3.91. The smallest absolute Gasteiger partial charge is 0.319 e. The van der Waals surface area contributed by atoms with E-state index in [9.17, 15) is 13.2 Å². The lowest BCUT2D eigenvalue weighted by Crippen LogP contribution is -2.44. The molecule has 0 amide bonds. The molecule has 170 valence electrons. The van der Waals surface area contributed by atoms with Gasteiger partial charge in [0.1, 0.15) is 11.0 Å². The molecule has 0 unspecified atom stereocenters. The molecule has 1 saturated heterocycles. The molecular weight excluding hydrogens is 442 g/mol. The highest BCUT2D eigenvalue weighted by Gasteiger charge is 2.62. The molecule has 7 heteroatoms. The van der Waals surface area contributed by atoms with Crippen LogP contribution in [0, 0.1) is 19.3 Å². The summed E-state index contributed by atoms with van der Waals surface area (Å²) in [5.41, 5.74) is 1.93. The van der Waals surface area contributed by atoms with Crippen molar-refractivity contribution < 1.29 is 17.9 Å². The number of benzene rings is 2. The minimum atomic E-state index is -3.84. The molecule has 0 aliphatic carbocycles. The summed E-state index contributed by atoms with van der Waals surface area (Å²) in [6, 6.07) is 13.9. The molecule has 0 radical (unpaired) electrons. The lowest BCUT2D eigenvalue weighted by molar-refractivity contribution is -0.165. The number of thioether (sulfide) groups is 1. The fourth-order valence-electron chi connectivity index (χ4n) is 4.35. The molecule has 2 heterocycles. The van der Waals surface area contributed by atoms with Gasteiger partial charge in [0.15, 0.2) is 0 Å². The molecule has 32 heavy (non-hydrogen) atoms. The second kappa shape index (κ2) is 8.04. The minimum absolute atomic E-state index is 0.168. The lowest BCUT2D eigenvalue weighted by Gasteiger charge is -2.36. The first-order valence-corrected chi connectivity index (χ1v) is 13.1. The number of carbonyl (C=O) groups is 1. The van der Waals surface area contributed by atoms with Crippen LogP contribution in [0.2, 0.25) is 0 Å². The molecule has 0 saturated carbocycles. The fraction of sp³-hybridized carbons (Fsp3) is 0.400. The summed E-state index contributed by atoms with van der Waals surface area (Å²) in [5.74, 6) is 0.0869. The van der Waals surface area contributed by atoms with Crippen molar-refractivity contribution >= 4 is 27.8 Å². The highest BCUT2D eigenvalue weighted by molar-refractivity contribution is 8.02. The van der Waals surface area contributed by atoms with Gasteiger partial charge in [-0.3, -0.25) is 4.79 Å². The van der Waals surface area contributed by atoms with Gasteiger partial charge in [-0.05, 0) is 63.3 Å². The largest absolute Gasteiger partial charge is 0.459 e. The SMILES string of the molecule is Cc1ccc([C@H]2N(S(=O)(=O)c3ccc(C)cc3)CC3=CSC[C@]32C(=O)OC(C)(C)C)cc1. The first-order chi connectivity index (χ1) is 14.9. The summed E-state index contributed by atoms with van der Waals surface area (Å²) in [6.45, 7) is 9.59. The van der Waals surface area contributed by atoms with E-state index < -0.39 is 27.1 Å². The van der Waals surface area contributed by atoms with E-state index in [0.717, 1.165) is 22.3 Å². The Kier molecular flexibility index (Phi) is 5.80. The van der Waals surface area contributed by atoms with Gasteiger partial charge in [0, 0.05) is 12.3 Å². The van der Waals surface area contributed by atoms with Crippen molar-refractivity contribution in [1.82, 2.24) is 4.31 Å². The first-order valence-electron chi connectivity index (χ1n) is 10.6. The van der Waals surface area contributed by atoms with E-state index in [1.54, 1.807) is 36.0 Å². The van der Waals surface area contributed by atoms with E-state index in [-0.39, 0.29) is 17.4 Å². The van der Waals surface area contributed by atoms with E-state index in [1.165, 1.54) is 4.31 Å². The predicted octanol–water partition coefficient (Wildman–Crippen LogP) is 5.01. The molecule has 2 aliphatic rings. The summed E-state index contributed by atoms with van der Waals surface area (Å²) >= 11 is 1.55. The van der Waals surface area contributed by atoms with Gasteiger partial charge in [0.05, 0.1) is 10.9 Å². The van der Waals surface area contributed by atoms with Crippen LogP contribution >= 0.6 is 11.8 Å².